The van der Waals surface area contributed by atoms with Gasteiger partial charge in [-0.2, -0.15) is 0 Å². The first-order chi connectivity index (χ1) is 10.2. The van der Waals surface area contributed by atoms with Crippen LogP contribution >= 0.6 is 0 Å². The van der Waals surface area contributed by atoms with Crippen LogP contribution in [-0.4, -0.2) is 5.11 Å². The fourth-order valence-corrected chi connectivity index (χ4v) is 3.45. The molecule has 1 heteroatoms. The van der Waals surface area contributed by atoms with Crippen LogP contribution in [0.1, 0.15) is 11.1 Å². The van der Waals surface area contributed by atoms with Crippen molar-refractivity contribution in [3.05, 3.63) is 65.7 Å². The Morgan fingerprint density at radius 1 is 0.667 bits per heavy atom. The number of hydrogen-bond donors (Lipinski definition) is 1. The number of benzene rings is 4. The number of aromatic hydroxyl groups is 1. The van der Waals surface area contributed by atoms with Crippen molar-refractivity contribution in [2.24, 2.45) is 0 Å². The molecular formula is C20H16O. The Morgan fingerprint density at radius 2 is 1.33 bits per heavy atom. The molecule has 0 radical (unpaired) electrons. The maximum Gasteiger partial charge on any atom is 0.116 e. The largest absolute Gasteiger partial charge is 0.508 e. The lowest BCUT2D eigenvalue weighted by atomic mass is 9.90. The van der Waals surface area contributed by atoms with Crippen LogP contribution in [0.25, 0.3) is 32.3 Å². The van der Waals surface area contributed by atoms with Gasteiger partial charge in [-0.05, 0) is 69.4 Å². The van der Waals surface area contributed by atoms with E-state index in [9.17, 15) is 5.11 Å². The molecule has 4 aromatic carbocycles. The predicted molar refractivity (Wildman–Crippen MR) is 90.1 cm³/mol. The first-order valence-corrected chi connectivity index (χ1v) is 7.20. The molecule has 0 fully saturated rings. The number of rotatable bonds is 0. The van der Waals surface area contributed by atoms with E-state index in [1.165, 1.54) is 38.1 Å². The topological polar surface area (TPSA) is 20.2 Å². The Balaban J connectivity index is 2.34. The van der Waals surface area contributed by atoms with E-state index in [0.29, 0.717) is 5.75 Å². The van der Waals surface area contributed by atoms with Gasteiger partial charge in [0.1, 0.15) is 5.75 Å². The summed E-state index contributed by atoms with van der Waals surface area (Å²) in [6, 6.07) is 18.5. The molecule has 0 aliphatic carbocycles. The second kappa shape index (κ2) is 4.23. The Hall–Kier alpha value is -2.54. The van der Waals surface area contributed by atoms with Gasteiger partial charge in [0.05, 0.1) is 0 Å². The molecule has 4 aromatic rings. The summed E-state index contributed by atoms with van der Waals surface area (Å²) in [6.07, 6.45) is 0. The third kappa shape index (κ3) is 1.64. The number of fused-ring (bicyclic) bond motifs is 4. The first-order valence-electron chi connectivity index (χ1n) is 7.20. The molecule has 0 aromatic heterocycles. The van der Waals surface area contributed by atoms with Crippen molar-refractivity contribution in [3.8, 4) is 5.75 Å². The quantitative estimate of drug-likeness (QED) is 0.332. The minimum atomic E-state index is 0.317. The molecule has 0 saturated carbocycles. The maximum atomic E-state index is 9.70. The Kier molecular flexibility index (Phi) is 2.46. The number of phenols is 1. The molecule has 0 aliphatic rings. The molecule has 0 bridgehead atoms. The highest BCUT2D eigenvalue weighted by Crippen LogP contribution is 2.37. The van der Waals surface area contributed by atoms with Gasteiger partial charge in [-0.25, -0.2) is 0 Å². The summed E-state index contributed by atoms with van der Waals surface area (Å²) in [5.41, 5.74) is 2.63. The summed E-state index contributed by atoms with van der Waals surface area (Å²) in [5, 5.41) is 17.2. The van der Waals surface area contributed by atoms with E-state index in [0.717, 1.165) is 5.39 Å². The van der Waals surface area contributed by atoms with Crippen LogP contribution in [0.15, 0.2) is 54.6 Å². The third-order valence-corrected chi connectivity index (χ3v) is 4.52. The second-order valence-corrected chi connectivity index (χ2v) is 5.69. The number of hydrogen-bond acceptors (Lipinski definition) is 1. The minimum Gasteiger partial charge on any atom is -0.508 e. The average Bonchev–Trinajstić information content (AvgIpc) is 2.51. The highest BCUT2D eigenvalue weighted by molar-refractivity contribution is 6.16. The summed E-state index contributed by atoms with van der Waals surface area (Å²) in [6.45, 7) is 4.38. The highest BCUT2D eigenvalue weighted by atomic mass is 16.3. The Bertz CT molecular complexity index is 1010. The normalized spacial score (nSPS) is 11.5. The van der Waals surface area contributed by atoms with Gasteiger partial charge < -0.3 is 5.11 Å². The zero-order valence-electron chi connectivity index (χ0n) is 12.1. The molecular weight excluding hydrogens is 256 g/mol. The summed E-state index contributed by atoms with van der Waals surface area (Å²) in [7, 11) is 0. The first kappa shape index (κ1) is 12.2. The van der Waals surface area contributed by atoms with E-state index in [1.54, 1.807) is 6.07 Å². The zero-order valence-corrected chi connectivity index (χ0v) is 12.1. The molecule has 0 amide bonds. The van der Waals surface area contributed by atoms with E-state index >= 15 is 0 Å². The van der Waals surface area contributed by atoms with Gasteiger partial charge in [0.25, 0.3) is 0 Å². The van der Waals surface area contributed by atoms with Crippen molar-refractivity contribution in [2.75, 3.05) is 0 Å². The molecule has 0 spiro atoms. The van der Waals surface area contributed by atoms with Crippen molar-refractivity contribution < 1.29 is 5.11 Å². The number of aryl methyl sites for hydroxylation is 2. The molecule has 0 unspecified atom stereocenters. The smallest absolute Gasteiger partial charge is 0.116 e. The van der Waals surface area contributed by atoms with Crippen LogP contribution < -0.4 is 0 Å². The van der Waals surface area contributed by atoms with Crippen molar-refractivity contribution in [1.29, 1.82) is 0 Å². The molecule has 0 atom stereocenters. The van der Waals surface area contributed by atoms with Crippen LogP contribution in [-0.2, 0) is 0 Å². The van der Waals surface area contributed by atoms with Crippen LogP contribution in [0, 0.1) is 13.8 Å². The lowest BCUT2D eigenvalue weighted by Gasteiger charge is -2.14. The van der Waals surface area contributed by atoms with Crippen molar-refractivity contribution >= 4 is 32.3 Å². The van der Waals surface area contributed by atoms with E-state index in [1.807, 2.05) is 12.1 Å². The molecule has 1 nitrogen and oxygen atoms in total. The van der Waals surface area contributed by atoms with Crippen LogP contribution in [0.3, 0.4) is 0 Å². The predicted octanol–water partition coefficient (Wildman–Crippen LogP) is 5.47. The van der Waals surface area contributed by atoms with Crippen molar-refractivity contribution in [2.45, 2.75) is 13.8 Å². The summed E-state index contributed by atoms with van der Waals surface area (Å²) in [5.74, 6) is 0.317. The van der Waals surface area contributed by atoms with Gasteiger partial charge in [-0.3, -0.25) is 0 Å². The lowest BCUT2D eigenvalue weighted by Crippen LogP contribution is -1.89. The average molecular weight is 272 g/mol. The standard InChI is InChI=1S/C20H16O/c1-12-16-5-3-4-6-17(16)13(2)20-18(12)9-7-14-11-15(21)8-10-19(14)20/h3-11,21H,1-2H3. The van der Waals surface area contributed by atoms with Crippen molar-refractivity contribution in [3.63, 3.8) is 0 Å². The summed E-state index contributed by atoms with van der Waals surface area (Å²) < 4.78 is 0. The van der Waals surface area contributed by atoms with Gasteiger partial charge in [0.15, 0.2) is 0 Å². The van der Waals surface area contributed by atoms with E-state index in [2.05, 4.69) is 50.2 Å². The van der Waals surface area contributed by atoms with E-state index in [-0.39, 0.29) is 0 Å². The van der Waals surface area contributed by atoms with Gasteiger partial charge in [-0.15, -0.1) is 0 Å². The highest BCUT2D eigenvalue weighted by Gasteiger charge is 2.11. The second-order valence-electron chi connectivity index (χ2n) is 5.69. The molecule has 4 rings (SSSR count). The van der Waals surface area contributed by atoms with Gasteiger partial charge in [0, 0.05) is 0 Å². The molecule has 1 N–H and O–H groups in total. The van der Waals surface area contributed by atoms with E-state index < -0.39 is 0 Å². The van der Waals surface area contributed by atoms with Crippen molar-refractivity contribution in [1.82, 2.24) is 0 Å². The summed E-state index contributed by atoms with van der Waals surface area (Å²) >= 11 is 0. The maximum absolute atomic E-state index is 9.70. The van der Waals surface area contributed by atoms with Gasteiger partial charge in [0.2, 0.25) is 0 Å². The van der Waals surface area contributed by atoms with Crippen LogP contribution in [0.4, 0.5) is 0 Å². The van der Waals surface area contributed by atoms with E-state index in [4.69, 9.17) is 0 Å². The molecule has 21 heavy (non-hydrogen) atoms. The fourth-order valence-electron chi connectivity index (χ4n) is 3.45. The number of phenolic OH excluding ortho intramolecular Hbond substituents is 1. The third-order valence-electron chi connectivity index (χ3n) is 4.52. The SMILES string of the molecule is Cc1c2ccccc2c(C)c2c1ccc1cc(O)ccc12. The molecule has 102 valence electrons. The lowest BCUT2D eigenvalue weighted by molar-refractivity contribution is 0.476. The van der Waals surface area contributed by atoms with Crippen LogP contribution in [0.2, 0.25) is 0 Å². The van der Waals surface area contributed by atoms with Gasteiger partial charge >= 0.3 is 0 Å². The molecule has 0 aliphatic heterocycles. The monoisotopic (exact) mass is 272 g/mol. The summed E-state index contributed by atoms with van der Waals surface area (Å²) in [4.78, 5) is 0. The fraction of sp³-hybridized carbons (Fsp3) is 0.100. The Morgan fingerprint density at radius 3 is 2.10 bits per heavy atom. The van der Waals surface area contributed by atoms with Gasteiger partial charge in [-0.1, -0.05) is 42.5 Å². The molecule has 0 heterocycles. The minimum absolute atomic E-state index is 0.317. The zero-order chi connectivity index (χ0) is 14.6. The Labute approximate surface area is 123 Å². The van der Waals surface area contributed by atoms with Crippen LogP contribution in [0.5, 0.6) is 5.75 Å². The molecule has 0 saturated heterocycles.